The Morgan fingerprint density at radius 1 is 0.765 bits per heavy atom. The molecule has 6 aliphatic carbocycles. The minimum absolute atomic E-state index is 0.0639. The number of rotatable bonds is 12. The van der Waals surface area contributed by atoms with Gasteiger partial charge in [-0.15, -0.1) is 0 Å². The molecule has 6 saturated carbocycles. The van der Waals surface area contributed by atoms with E-state index < -0.39 is 71.6 Å². The van der Waals surface area contributed by atoms with Crippen LogP contribution < -0.4 is 0 Å². The monoisotopic (exact) mass is 716 g/mol. The van der Waals surface area contributed by atoms with Crippen LogP contribution >= 0.6 is 0 Å². The van der Waals surface area contributed by atoms with Crippen molar-refractivity contribution in [1.82, 2.24) is 0 Å². The second-order valence-electron chi connectivity index (χ2n) is 16.7. The van der Waals surface area contributed by atoms with E-state index in [0.717, 1.165) is 6.42 Å². The van der Waals surface area contributed by atoms with Crippen molar-refractivity contribution in [1.29, 1.82) is 0 Å². The highest BCUT2D eigenvalue weighted by Crippen LogP contribution is 2.71. The molecule has 0 amide bonds. The quantitative estimate of drug-likeness (QED) is 0.130. The predicted molar refractivity (Wildman–Crippen MR) is 173 cm³/mol. The lowest BCUT2D eigenvalue weighted by Crippen LogP contribution is -2.51. The van der Waals surface area contributed by atoms with Gasteiger partial charge in [-0.2, -0.15) is 0 Å². The van der Waals surface area contributed by atoms with Gasteiger partial charge in [-0.25, -0.2) is 0 Å². The second kappa shape index (κ2) is 13.7. The van der Waals surface area contributed by atoms with Crippen molar-refractivity contribution >= 4 is 35.8 Å². The fraction of sp³-hybridized carbons (Fsp3) is 0.842. The summed E-state index contributed by atoms with van der Waals surface area (Å²) in [5, 5.41) is 19.6. The Bertz CT molecular complexity index is 1440. The molecule has 13 heteroatoms. The summed E-state index contributed by atoms with van der Waals surface area (Å²) in [6.45, 7) is 7.58. The molecule has 0 spiro atoms. The Hall–Kier alpha value is -3.06. The van der Waals surface area contributed by atoms with Gasteiger partial charge in [0.15, 0.2) is 6.29 Å². The minimum Gasteiger partial charge on any atom is -0.481 e. The molecule has 0 radical (unpaired) electrons. The molecule has 0 aromatic heterocycles. The van der Waals surface area contributed by atoms with Crippen LogP contribution in [0, 0.1) is 107 Å². The number of hydrogen-bond donors (Lipinski definition) is 2. The van der Waals surface area contributed by atoms with E-state index in [0.29, 0.717) is 32.3 Å². The van der Waals surface area contributed by atoms with Crippen LogP contribution in [0.3, 0.4) is 0 Å². The van der Waals surface area contributed by atoms with Crippen molar-refractivity contribution in [2.45, 2.75) is 66.1 Å². The highest BCUT2D eigenvalue weighted by Gasteiger charge is 2.71. The molecular weight excluding hydrogens is 664 g/mol. The second-order valence-corrected chi connectivity index (χ2v) is 16.7. The number of carboxylic acid groups (broad SMARTS) is 1. The Kier molecular flexibility index (Phi) is 9.77. The number of aliphatic hydroxyl groups is 1. The summed E-state index contributed by atoms with van der Waals surface area (Å²) in [7, 11) is 1.26. The number of carbonyl (C=O) groups is 6. The van der Waals surface area contributed by atoms with Crippen molar-refractivity contribution in [2.75, 3.05) is 26.9 Å². The number of ether oxygens (including phenoxy) is 5. The van der Waals surface area contributed by atoms with Gasteiger partial charge in [-0.1, -0.05) is 13.8 Å². The fourth-order valence-electron chi connectivity index (χ4n) is 13.6. The SMILES string of the molecule is CCOC(C)OC(=O)C1CC2CC1C(C1C(=O)OC(=O)C1C1C3CC(C(=O)OCCO)C(C3)C1C1C(C)C3CC1C(C(=O)OC)C3C(=O)O)C2C. The lowest BCUT2D eigenvalue weighted by atomic mass is 9.54. The molecule has 1 heterocycles. The van der Waals surface area contributed by atoms with Crippen molar-refractivity contribution in [3.05, 3.63) is 0 Å². The summed E-state index contributed by atoms with van der Waals surface area (Å²) >= 11 is 0. The van der Waals surface area contributed by atoms with Gasteiger partial charge in [0.2, 0.25) is 0 Å². The predicted octanol–water partition coefficient (Wildman–Crippen LogP) is 2.95. The van der Waals surface area contributed by atoms with Gasteiger partial charge < -0.3 is 33.9 Å². The molecule has 19 atom stereocenters. The first-order chi connectivity index (χ1) is 24.3. The largest absolute Gasteiger partial charge is 0.481 e. The fourth-order valence-corrected chi connectivity index (χ4v) is 13.6. The van der Waals surface area contributed by atoms with Crippen LogP contribution in [0.5, 0.6) is 0 Å². The normalized spacial score (nSPS) is 46.7. The summed E-state index contributed by atoms with van der Waals surface area (Å²) in [6, 6.07) is 0. The lowest BCUT2D eigenvalue weighted by Gasteiger charge is -2.48. The number of hydrogen-bond acceptors (Lipinski definition) is 12. The molecule has 51 heavy (non-hydrogen) atoms. The number of fused-ring (bicyclic) bond motifs is 6. The Morgan fingerprint density at radius 3 is 2.02 bits per heavy atom. The van der Waals surface area contributed by atoms with E-state index in [1.165, 1.54) is 7.11 Å². The van der Waals surface area contributed by atoms with Gasteiger partial charge >= 0.3 is 35.8 Å². The standard InChI is InChI=1S/C38H52O13/c1-6-48-16(4)50-35(43)23-10-17-9-20(23)25(14(17)2)31-32(38(46)51-37(31)45)27-18-11-21(22(12-18)34(42)49-8-7-39)28(27)26-15(3)19-13-24(26)30(36(44)47-5)29(19)33(40)41/h14-32,39H,6-13H2,1-5H3,(H,40,41). The van der Waals surface area contributed by atoms with Gasteiger partial charge in [-0.05, 0) is 117 Å². The maximum atomic E-state index is 14.1. The molecule has 13 nitrogen and oxygen atoms in total. The third kappa shape index (κ3) is 5.61. The van der Waals surface area contributed by atoms with Crippen LogP contribution in [0.15, 0.2) is 0 Å². The smallest absolute Gasteiger partial charge is 0.317 e. The molecule has 7 aliphatic rings. The highest BCUT2D eigenvalue weighted by atomic mass is 16.7. The molecular formula is C38H52O13. The van der Waals surface area contributed by atoms with Crippen LogP contribution in [-0.4, -0.2) is 79.2 Å². The first-order valence-electron chi connectivity index (χ1n) is 19.0. The van der Waals surface area contributed by atoms with Gasteiger partial charge in [-0.3, -0.25) is 28.8 Å². The van der Waals surface area contributed by atoms with E-state index in [1.54, 1.807) is 6.92 Å². The molecule has 282 valence electrons. The van der Waals surface area contributed by atoms with Crippen LogP contribution in [0.1, 0.15) is 59.8 Å². The number of carboxylic acids is 1. The van der Waals surface area contributed by atoms with Crippen LogP contribution in [0.2, 0.25) is 0 Å². The first-order valence-corrected chi connectivity index (χ1v) is 19.0. The molecule has 7 fully saturated rings. The number of cyclic esters (lactones) is 2. The number of esters is 5. The maximum Gasteiger partial charge on any atom is 0.317 e. The molecule has 19 unspecified atom stereocenters. The summed E-state index contributed by atoms with van der Waals surface area (Å²) in [6.07, 6.45) is 2.31. The Balaban J connectivity index is 1.24. The maximum absolute atomic E-state index is 14.1. The minimum atomic E-state index is -1.03. The number of carbonyl (C=O) groups excluding carboxylic acids is 5. The topological polar surface area (TPSA) is 189 Å². The van der Waals surface area contributed by atoms with E-state index in [4.69, 9.17) is 23.7 Å². The van der Waals surface area contributed by atoms with Crippen molar-refractivity contribution in [2.24, 2.45) is 107 Å². The number of aliphatic hydroxyl groups excluding tert-OH is 1. The zero-order valence-corrected chi connectivity index (χ0v) is 30.0. The van der Waals surface area contributed by atoms with Gasteiger partial charge in [0.1, 0.15) is 6.61 Å². The summed E-state index contributed by atoms with van der Waals surface area (Å²) in [4.78, 5) is 80.6. The Morgan fingerprint density at radius 2 is 1.39 bits per heavy atom. The Labute approximate surface area is 297 Å². The first kappa shape index (κ1) is 36.3. The van der Waals surface area contributed by atoms with E-state index >= 15 is 0 Å². The van der Waals surface area contributed by atoms with Gasteiger partial charge in [0.05, 0.1) is 49.2 Å². The van der Waals surface area contributed by atoms with E-state index in [1.807, 2.05) is 13.8 Å². The van der Waals surface area contributed by atoms with Gasteiger partial charge in [0, 0.05) is 6.61 Å². The van der Waals surface area contributed by atoms with E-state index in [9.17, 15) is 39.0 Å². The summed E-state index contributed by atoms with van der Waals surface area (Å²) < 4.78 is 27.3. The number of methoxy groups -OCH3 is 1. The number of aliphatic carboxylic acids is 1. The average Bonchev–Trinajstić information content (AvgIpc) is 3.95. The summed E-state index contributed by atoms with van der Waals surface area (Å²) in [5.41, 5.74) is 0. The van der Waals surface area contributed by atoms with E-state index in [2.05, 4.69) is 6.92 Å². The van der Waals surface area contributed by atoms with Gasteiger partial charge in [0.25, 0.3) is 0 Å². The van der Waals surface area contributed by atoms with Crippen LogP contribution in [0.4, 0.5) is 0 Å². The van der Waals surface area contributed by atoms with Crippen LogP contribution in [0.25, 0.3) is 0 Å². The average molecular weight is 717 g/mol. The zero-order chi connectivity index (χ0) is 36.6. The molecule has 0 aromatic carbocycles. The third-order valence-electron chi connectivity index (χ3n) is 15.0. The molecule has 1 aliphatic heterocycles. The van der Waals surface area contributed by atoms with Crippen LogP contribution in [-0.2, 0) is 52.5 Å². The molecule has 6 bridgehead atoms. The molecule has 1 saturated heterocycles. The third-order valence-corrected chi connectivity index (χ3v) is 15.0. The van der Waals surface area contributed by atoms with Crippen molar-refractivity contribution in [3.63, 3.8) is 0 Å². The lowest BCUT2D eigenvalue weighted by molar-refractivity contribution is -0.182. The van der Waals surface area contributed by atoms with Crippen molar-refractivity contribution < 1.29 is 62.7 Å². The highest BCUT2D eigenvalue weighted by molar-refractivity contribution is 5.97. The van der Waals surface area contributed by atoms with Crippen molar-refractivity contribution in [3.8, 4) is 0 Å². The van der Waals surface area contributed by atoms with E-state index in [-0.39, 0.29) is 90.2 Å². The summed E-state index contributed by atoms with van der Waals surface area (Å²) in [5.74, 6) is -9.83. The molecule has 7 rings (SSSR count). The molecule has 2 N–H and O–H groups in total. The molecule has 0 aromatic rings. The zero-order valence-electron chi connectivity index (χ0n) is 30.0.